The van der Waals surface area contributed by atoms with Gasteiger partial charge in [0.25, 0.3) is 0 Å². The molecule has 0 saturated carbocycles. The lowest BCUT2D eigenvalue weighted by Gasteiger charge is -2.12. The summed E-state index contributed by atoms with van der Waals surface area (Å²) in [7, 11) is 0. The Kier molecular flexibility index (Phi) is 3.99. The molecule has 0 spiro atoms. The summed E-state index contributed by atoms with van der Waals surface area (Å²) in [4.78, 5) is 11.8. The van der Waals surface area contributed by atoms with Crippen LogP contribution in [0.15, 0.2) is 42.6 Å². The van der Waals surface area contributed by atoms with Gasteiger partial charge in [-0.05, 0) is 19.0 Å². The van der Waals surface area contributed by atoms with Crippen molar-refractivity contribution < 1.29 is 0 Å². The van der Waals surface area contributed by atoms with Crippen molar-refractivity contribution >= 4 is 0 Å². The van der Waals surface area contributed by atoms with Crippen LogP contribution >= 0.6 is 0 Å². The Morgan fingerprint density at radius 2 is 2.04 bits per heavy atom. The van der Waals surface area contributed by atoms with E-state index >= 15 is 0 Å². The molecule has 0 aliphatic carbocycles. The van der Waals surface area contributed by atoms with Gasteiger partial charge in [-0.15, -0.1) is 0 Å². The Hall–Kier alpha value is -2.57. The molecule has 1 N–H and O–H groups in total. The Bertz CT molecular complexity index is 894. The normalized spacial score (nSPS) is 16.9. The van der Waals surface area contributed by atoms with Gasteiger partial charge in [-0.1, -0.05) is 30.3 Å². The van der Waals surface area contributed by atoms with Gasteiger partial charge >= 0.3 is 0 Å². The number of aryl methyl sites for hydroxylation is 1. The van der Waals surface area contributed by atoms with Crippen LogP contribution in [0.25, 0.3) is 11.4 Å². The van der Waals surface area contributed by atoms with E-state index in [-0.39, 0.29) is 0 Å². The summed E-state index contributed by atoms with van der Waals surface area (Å²) in [5.41, 5.74) is 5.88. The van der Waals surface area contributed by atoms with E-state index in [0.717, 1.165) is 68.5 Å². The number of hydrogen-bond donors (Lipinski definition) is 1. The molecule has 0 amide bonds. The van der Waals surface area contributed by atoms with Gasteiger partial charge in [-0.3, -0.25) is 9.58 Å². The molecule has 0 atom stereocenters. The monoisotopic (exact) mass is 346 g/mol. The Morgan fingerprint density at radius 3 is 2.96 bits per heavy atom. The highest BCUT2D eigenvalue weighted by molar-refractivity contribution is 5.54. The van der Waals surface area contributed by atoms with Crippen LogP contribution in [-0.4, -0.2) is 31.2 Å². The van der Waals surface area contributed by atoms with Crippen molar-refractivity contribution in [3.05, 3.63) is 65.2 Å². The molecule has 26 heavy (non-hydrogen) atoms. The summed E-state index contributed by atoms with van der Waals surface area (Å²) in [5, 5.41) is 8.25. The summed E-state index contributed by atoms with van der Waals surface area (Å²) in [6, 6.07) is 12.4. The van der Waals surface area contributed by atoms with E-state index in [4.69, 9.17) is 10.1 Å². The van der Waals surface area contributed by atoms with E-state index in [1.807, 2.05) is 24.4 Å². The quantitative estimate of drug-likeness (QED) is 0.789. The number of aromatic nitrogens is 4. The molecule has 0 saturated heterocycles. The second-order valence-corrected chi connectivity index (χ2v) is 7.06. The topological polar surface area (TPSA) is 58.9 Å². The summed E-state index contributed by atoms with van der Waals surface area (Å²) < 4.78 is 2.16. The minimum Gasteiger partial charge on any atom is -0.311 e. The second kappa shape index (κ2) is 6.63. The van der Waals surface area contributed by atoms with Crippen molar-refractivity contribution in [2.45, 2.75) is 39.1 Å². The Balaban J connectivity index is 1.32. The first-order chi connectivity index (χ1) is 12.8. The van der Waals surface area contributed by atoms with Gasteiger partial charge in [-0.25, -0.2) is 9.97 Å². The van der Waals surface area contributed by atoms with Gasteiger partial charge in [0.15, 0.2) is 5.82 Å². The molecule has 5 rings (SSSR count). The zero-order valence-corrected chi connectivity index (χ0v) is 14.7. The number of fused-ring (bicyclic) bond motifs is 2. The van der Waals surface area contributed by atoms with E-state index in [0.29, 0.717) is 0 Å². The number of nitrogens with one attached hydrogen (secondary N) is 1. The van der Waals surface area contributed by atoms with E-state index in [2.05, 4.69) is 38.1 Å². The maximum absolute atomic E-state index is 4.80. The summed E-state index contributed by atoms with van der Waals surface area (Å²) in [6.07, 6.45) is 3.12. The standard InChI is InChI=1S/C20H22N6/c1-2-5-15(6-3-1)20-22-10-16-12-25(14-19(16)23-20)13-17-9-18-11-21-7-4-8-26(18)24-17/h1-3,5-6,9-10,21H,4,7-8,11-14H2. The maximum atomic E-state index is 4.80. The van der Waals surface area contributed by atoms with Gasteiger partial charge in [0.1, 0.15) is 0 Å². The molecular formula is C20H22N6. The largest absolute Gasteiger partial charge is 0.311 e. The zero-order chi connectivity index (χ0) is 17.3. The first-order valence-electron chi connectivity index (χ1n) is 9.24. The minimum atomic E-state index is 0.811. The second-order valence-electron chi connectivity index (χ2n) is 7.06. The predicted octanol–water partition coefficient (Wildman–Crippen LogP) is 2.35. The van der Waals surface area contributed by atoms with Gasteiger partial charge in [0.05, 0.1) is 17.1 Å². The van der Waals surface area contributed by atoms with E-state index in [1.165, 1.54) is 11.3 Å². The fourth-order valence-electron chi connectivity index (χ4n) is 3.79. The predicted molar refractivity (Wildman–Crippen MR) is 99.0 cm³/mol. The molecular weight excluding hydrogens is 324 g/mol. The average Bonchev–Trinajstić information content (AvgIpc) is 3.18. The van der Waals surface area contributed by atoms with Crippen molar-refractivity contribution in [3.63, 3.8) is 0 Å². The number of benzene rings is 1. The third-order valence-corrected chi connectivity index (χ3v) is 5.08. The molecule has 4 heterocycles. The highest BCUT2D eigenvalue weighted by atomic mass is 15.3. The first kappa shape index (κ1) is 15.7. The van der Waals surface area contributed by atoms with Crippen LogP contribution in [0.2, 0.25) is 0 Å². The van der Waals surface area contributed by atoms with Gasteiger partial charge < -0.3 is 5.32 Å². The SMILES string of the molecule is c1ccc(-c2ncc3c(n2)CN(Cc2cc4n(n2)CCCNC4)C3)cc1. The molecule has 3 aromatic rings. The molecule has 0 fully saturated rings. The molecule has 132 valence electrons. The van der Waals surface area contributed by atoms with Crippen LogP contribution in [0.1, 0.15) is 29.1 Å². The van der Waals surface area contributed by atoms with Crippen LogP contribution in [0, 0.1) is 0 Å². The fraction of sp³-hybridized carbons (Fsp3) is 0.350. The van der Waals surface area contributed by atoms with Crippen molar-refractivity contribution in [1.29, 1.82) is 0 Å². The molecule has 2 aliphatic heterocycles. The lowest BCUT2D eigenvalue weighted by molar-refractivity contribution is 0.269. The van der Waals surface area contributed by atoms with Crippen LogP contribution in [0.4, 0.5) is 0 Å². The Morgan fingerprint density at radius 1 is 1.12 bits per heavy atom. The smallest absolute Gasteiger partial charge is 0.159 e. The van der Waals surface area contributed by atoms with Crippen LogP contribution in [-0.2, 0) is 32.7 Å². The highest BCUT2D eigenvalue weighted by Gasteiger charge is 2.23. The molecule has 6 heteroatoms. The van der Waals surface area contributed by atoms with Crippen LogP contribution < -0.4 is 5.32 Å². The molecule has 0 bridgehead atoms. The fourth-order valence-corrected chi connectivity index (χ4v) is 3.79. The van der Waals surface area contributed by atoms with Crippen molar-refractivity contribution in [2.24, 2.45) is 0 Å². The van der Waals surface area contributed by atoms with Crippen molar-refractivity contribution in [2.75, 3.05) is 6.54 Å². The third kappa shape index (κ3) is 3.02. The lowest BCUT2D eigenvalue weighted by Crippen LogP contribution is -2.16. The van der Waals surface area contributed by atoms with Gasteiger partial charge in [0.2, 0.25) is 0 Å². The van der Waals surface area contributed by atoms with Crippen molar-refractivity contribution in [3.8, 4) is 11.4 Å². The van der Waals surface area contributed by atoms with Crippen LogP contribution in [0.3, 0.4) is 0 Å². The Labute approximate surface area is 152 Å². The van der Waals surface area contributed by atoms with Gasteiger partial charge in [0, 0.05) is 50.0 Å². The molecule has 1 aromatic carbocycles. The lowest BCUT2D eigenvalue weighted by atomic mass is 10.2. The molecule has 6 nitrogen and oxygen atoms in total. The molecule has 2 aromatic heterocycles. The van der Waals surface area contributed by atoms with Gasteiger partial charge in [-0.2, -0.15) is 5.10 Å². The van der Waals surface area contributed by atoms with Crippen LogP contribution in [0.5, 0.6) is 0 Å². The number of nitrogens with zero attached hydrogens (tertiary/aromatic N) is 5. The zero-order valence-electron chi connectivity index (χ0n) is 14.7. The molecule has 2 aliphatic rings. The van der Waals surface area contributed by atoms with E-state index in [1.54, 1.807) is 0 Å². The highest BCUT2D eigenvalue weighted by Crippen LogP contribution is 2.25. The van der Waals surface area contributed by atoms with E-state index < -0.39 is 0 Å². The summed E-state index contributed by atoms with van der Waals surface area (Å²) in [5.74, 6) is 0.811. The summed E-state index contributed by atoms with van der Waals surface area (Å²) in [6.45, 7) is 5.61. The third-order valence-electron chi connectivity index (χ3n) is 5.08. The first-order valence-corrected chi connectivity index (χ1v) is 9.24. The molecule has 0 unspecified atom stereocenters. The van der Waals surface area contributed by atoms with Crippen molar-refractivity contribution in [1.82, 2.24) is 30.0 Å². The molecule has 0 radical (unpaired) electrons. The summed E-state index contributed by atoms with van der Waals surface area (Å²) >= 11 is 0. The minimum absolute atomic E-state index is 0.811. The maximum Gasteiger partial charge on any atom is 0.159 e. The van der Waals surface area contributed by atoms with E-state index in [9.17, 15) is 0 Å². The number of rotatable bonds is 3. The average molecular weight is 346 g/mol. The number of hydrogen-bond acceptors (Lipinski definition) is 5.